The second kappa shape index (κ2) is 10.6. The minimum absolute atomic E-state index is 0.689. The molecule has 0 aliphatic heterocycles. The van der Waals surface area contributed by atoms with Gasteiger partial charge in [0.15, 0.2) is 5.82 Å². The molecule has 0 aliphatic rings. The Kier molecular flexibility index (Phi) is 5.83. The van der Waals surface area contributed by atoms with Crippen molar-refractivity contribution in [1.29, 1.82) is 0 Å². The number of hydrogen-bond donors (Lipinski definition) is 0. The molecule has 0 atom stereocenters. The molecule has 0 amide bonds. The van der Waals surface area contributed by atoms with Gasteiger partial charge in [-0.1, -0.05) is 115 Å². The second-order valence-electron chi connectivity index (χ2n) is 12.9. The summed E-state index contributed by atoms with van der Waals surface area (Å²) in [4.78, 5) is 10.6. The van der Waals surface area contributed by atoms with Gasteiger partial charge in [-0.15, -0.1) is 11.3 Å². The van der Waals surface area contributed by atoms with Gasteiger partial charge in [0, 0.05) is 47.5 Å². The third kappa shape index (κ3) is 4.16. The average molecular weight is 655 g/mol. The van der Waals surface area contributed by atoms with E-state index in [2.05, 4.69) is 158 Å². The van der Waals surface area contributed by atoms with Crippen molar-refractivity contribution in [3.05, 3.63) is 158 Å². The lowest BCUT2D eigenvalue weighted by atomic mass is 9.99. The highest BCUT2D eigenvalue weighted by Gasteiger charge is 2.19. The van der Waals surface area contributed by atoms with Crippen LogP contribution < -0.4 is 0 Å². The van der Waals surface area contributed by atoms with E-state index in [1.54, 1.807) is 0 Å². The zero-order valence-corrected chi connectivity index (χ0v) is 27.5. The summed E-state index contributed by atoms with van der Waals surface area (Å²) in [6.45, 7) is 0. The smallest absolute Gasteiger partial charge is 0.160 e. The van der Waals surface area contributed by atoms with E-state index in [1.165, 1.54) is 36.5 Å². The molecule has 0 N–H and O–H groups in total. The van der Waals surface area contributed by atoms with Crippen LogP contribution in [0.4, 0.5) is 0 Å². The number of hydrogen-bond acceptors (Lipinski definition) is 4. The summed E-state index contributed by atoms with van der Waals surface area (Å²) in [5, 5.41) is 10.3. The number of furan rings is 1. The Hall–Kier alpha value is -6.36. The molecular formula is C46H26N2OS. The molecule has 0 saturated heterocycles. The first-order chi connectivity index (χ1) is 24.7. The van der Waals surface area contributed by atoms with Crippen molar-refractivity contribution in [2.45, 2.75) is 0 Å². The molecule has 50 heavy (non-hydrogen) atoms. The topological polar surface area (TPSA) is 38.9 Å². The molecular weight excluding hydrogens is 629 g/mol. The third-order valence-corrected chi connectivity index (χ3v) is 11.2. The van der Waals surface area contributed by atoms with Gasteiger partial charge in [0.25, 0.3) is 0 Å². The highest BCUT2D eigenvalue weighted by Crippen LogP contribution is 2.41. The zero-order valence-electron chi connectivity index (χ0n) is 26.7. The first-order valence-electron chi connectivity index (χ1n) is 16.8. The van der Waals surface area contributed by atoms with E-state index >= 15 is 0 Å². The van der Waals surface area contributed by atoms with Crippen LogP contribution in [0.3, 0.4) is 0 Å². The van der Waals surface area contributed by atoms with Crippen molar-refractivity contribution in [2.75, 3.05) is 0 Å². The van der Waals surface area contributed by atoms with E-state index < -0.39 is 0 Å². The summed E-state index contributed by atoms with van der Waals surface area (Å²) in [6.07, 6.45) is 0. The number of rotatable bonds is 3. The Balaban J connectivity index is 1.12. The Bertz CT molecular complexity index is 3150. The van der Waals surface area contributed by atoms with Crippen molar-refractivity contribution in [3.8, 4) is 33.8 Å². The van der Waals surface area contributed by atoms with E-state index in [4.69, 9.17) is 14.4 Å². The van der Waals surface area contributed by atoms with Gasteiger partial charge in [-0.25, -0.2) is 9.97 Å². The minimum atomic E-state index is 0.689. The molecule has 3 heterocycles. The van der Waals surface area contributed by atoms with Crippen molar-refractivity contribution in [1.82, 2.24) is 9.97 Å². The molecule has 3 nitrogen and oxygen atoms in total. The lowest BCUT2D eigenvalue weighted by Gasteiger charge is -2.12. The molecule has 3 aromatic heterocycles. The maximum Gasteiger partial charge on any atom is 0.160 e. The fourth-order valence-corrected chi connectivity index (χ4v) is 8.67. The molecule has 4 heteroatoms. The summed E-state index contributed by atoms with van der Waals surface area (Å²) < 4.78 is 9.21. The highest BCUT2D eigenvalue weighted by atomic mass is 32.1. The largest absolute Gasteiger partial charge is 0.455 e. The zero-order chi connectivity index (χ0) is 32.8. The molecule has 232 valence electrons. The fraction of sp³-hybridized carbons (Fsp3) is 0. The van der Waals surface area contributed by atoms with Gasteiger partial charge in [0.1, 0.15) is 11.2 Å². The van der Waals surface area contributed by atoms with Gasteiger partial charge >= 0.3 is 0 Å². The number of thiophene rings is 1. The molecule has 0 spiro atoms. The fourth-order valence-electron chi connectivity index (χ4n) is 7.59. The molecule has 0 aliphatic carbocycles. The molecule has 11 rings (SSSR count). The second-order valence-corrected chi connectivity index (χ2v) is 14.0. The molecule has 0 saturated carbocycles. The van der Waals surface area contributed by atoms with E-state index in [9.17, 15) is 0 Å². The van der Waals surface area contributed by atoms with Crippen LogP contribution in [0, 0.1) is 0 Å². The van der Waals surface area contributed by atoms with Gasteiger partial charge in [-0.3, -0.25) is 0 Å². The Labute approximate surface area is 290 Å². The average Bonchev–Trinajstić information content (AvgIpc) is 3.76. The molecule has 0 bridgehead atoms. The van der Waals surface area contributed by atoms with Crippen molar-refractivity contribution in [3.63, 3.8) is 0 Å². The monoisotopic (exact) mass is 654 g/mol. The van der Waals surface area contributed by atoms with E-state index in [0.29, 0.717) is 5.82 Å². The van der Waals surface area contributed by atoms with Gasteiger partial charge < -0.3 is 4.42 Å². The molecule has 11 aromatic rings. The number of benzene rings is 8. The number of fused-ring (bicyclic) bond motifs is 11. The van der Waals surface area contributed by atoms with Crippen LogP contribution in [-0.2, 0) is 0 Å². The lowest BCUT2D eigenvalue weighted by molar-refractivity contribution is 0.673. The highest BCUT2D eigenvalue weighted by molar-refractivity contribution is 7.25. The predicted octanol–water partition coefficient (Wildman–Crippen LogP) is 13.2. The normalized spacial score (nSPS) is 12.0. The third-order valence-electron chi connectivity index (χ3n) is 10.1. The Morgan fingerprint density at radius 1 is 0.420 bits per heavy atom. The van der Waals surface area contributed by atoms with Crippen LogP contribution in [0.2, 0.25) is 0 Å². The standard InChI is InChI=1S/C46H26N2OS/c1-2-9-31-25-33(18-15-27(31)7-1)43-37-22-23-39-42(36-21-19-29-8-3-4-10-34(29)45(36)49-39)44(37)48-46(47-43)30-16-13-28(14-17-30)32-20-24-41-38(26-32)35-11-5-6-12-40(35)50-41/h1-26H. The summed E-state index contributed by atoms with van der Waals surface area (Å²) in [6, 6.07) is 56.1. The van der Waals surface area contributed by atoms with E-state index in [0.717, 1.165) is 66.0 Å². The number of aromatic nitrogens is 2. The van der Waals surface area contributed by atoms with Crippen LogP contribution in [0.15, 0.2) is 162 Å². The van der Waals surface area contributed by atoms with Crippen LogP contribution in [0.5, 0.6) is 0 Å². The van der Waals surface area contributed by atoms with Crippen LogP contribution in [-0.4, -0.2) is 9.97 Å². The first-order valence-corrected chi connectivity index (χ1v) is 17.6. The first kappa shape index (κ1) is 27.6. The molecule has 0 unspecified atom stereocenters. The molecule has 0 fully saturated rings. The summed E-state index contributed by atoms with van der Waals surface area (Å²) >= 11 is 1.85. The maximum absolute atomic E-state index is 6.58. The summed E-state index contributed by atoms with van der Waals surface area (Å²) in [7, 11) is 0. The van der Waals surface area contributed by atoms with Crippen LogP contribution in [0.25, 0.3) is 108 Å². The van der Waals surface area contributed by atoms with E-state index in [1.807, 2.05) is 11.3 Å². The lowest BCUT2D eigenvalue weighted by Crippen LogP contribution is -1.96. The van der Waals surface area contributed by atoms with Crippen LogP contribution in [0.1, 0.15) is 0 Å². The SMILES string of the molecule is c1ccc2cc(-c3nc(-c4ccc(-c5ccc6sc7ccccc7c6c5)cc4)nc4c3ccc3oc5c6ccccc6ccc5c34)ccc2c1. The van der Waals surface area contributed by atoms with Gasteiger partial charge in [-0.05, 0) is 69.8 Å². The predicted molar refractivity (Wildman–Crippen MR) is 211 cm³/mol. The maximum atomic E-state index is 6.58. The Morgan fingerprint density at radius 3 is 2.00 bits per heavy atom. The molecule has 0 radical (unpaired) electrons. The van der Waals surface area contributed by atoms with E-state index in [-0.39, 0.29) is 0 Å². The van der Waals surface area contributed by atoms with Crippen molar-refractivity contribution in [2.24, 2.45) is 0 Å². The van der Waals surface area contributed by atoms with Gasteiger partial charge in [0.05, 0.1) is 16.6 Å². The number of nitrogens with zero attached hydrogens (tertiary/aromatic N) is 2. The van der Waals surface area contributed by atoms with Crippen molar-refractivity contribution < 1.29 is 4.42 Å². The minimum Gasteiger partial charge on any atom is -0.455 e. The quantitative estimate of drug-likeness (QED) is 0.190. The Morgan fingerprint density at radius 2 is 1.10 bits per heavy atom. The summed E-state index contributed by atoms with van der Waals surface area (Å²) in [5.41, 5.74) is 7.90. The van der Waals surface area contributed by atoms with Crippen molar-refractivity contribution >= 4 is 85.9 Å². The van der Waals surface area contributed by atoms with Gasteiger partial charge in [-0.2, -0.15) is 0 Å². The summed E-state index contributed by atoms with van der Waals surface area (Å²) in [5.74, 6) is 0.689. The van der Waals surface area contributed by atoms with Gasteiger partial charge in [0.2, 0.25) is 0 Å². The van der Waals surface area contributed by atoms with Crippen LogP contribution >= 0.6 is 11.3 Å². The molecule has 8 aromatic carbocycles.